The summed E-state index contributed by atoms with van der Waals surface area (Å²) < 4.78 is 10.7. The molecule has 140 valence electrons. The Labute approximate surface area is 160 Å². The third-order valence-electron chi connectivity index (χ3n) is 4.82. The molecule has 2 aromatic carbocycles. The Balaban J connectivity index is 2.35. The summed E-state index contributed by atoms with van der Waals surface area (Å²) in [5, 5.41) is 0. The summed E-state index contributed by atoms with van der Waals surface area (Å²) in [5.41, 5.74) is 1.08. The van der Waals surface area contributed by atoms with E-state index in [0.29, 0.717) is 17.9 Å². The Morgan fingerprint density at radius 1 is 1.04 bits per heavy atom. The monoisotopic (exact) mass is 373 g/mol. The highest BCUT2D eigenvalue weighted by Crippen LogP contribution is 2.31. The van der Waals surface area contributed by atoms with Crippen molar-refractivity contribution in [1.82, 2.24) is 4.90 Å². The van der Waals surface area contributed by atoms with Gasteiger partial charge in [-0.25, -0.2) is 0 Å². The van der Waals surface area contributed by atoms with Gasteiger partial charge in [-0.3, -0.25) is 9.69 Å². The molecule has 1 atom stereocenters. The number of nitrogens with zero attached hydrogens (tertiary/aromatic N) is 1. The van der Waals surface area contributed by atoms with Gasteiger partial charge in [0.1, 0.15) is 0 Å². The summed E-state index contributed by atoms with van der Waals surface area (Å²) in [4.78, 5) is 16.4. The van der Waals surface area contributed by atoms with Crippen LogP contribution >= 0.6 is 11.8 Å². The first-order valence-corrected chi connectivity index (χ1v) is 9.65. The number of methoxy groups -OCH3 is 2. The predicted octanol–water partition coefficient (Wildman–Crippen LogP) is 4.17. The average Bonchev–Trinajstić information content (AvgIpc) is 2.67. The summed E-state index contributed by atoms with van der Waals surface area (Å²) >= 11 is 1.67. The normalized spacial score (nSPS) is 13.3. The number of ketones is 1. The van der Waals surface area contributed by atoms with Crippen LogP contribution in [0.25, 0.3) is 0 Å². The Hall–Kier alpha value is -1.98. The van der Waals surface area contributed by atoms with Crippen LogP contribution in [0.5, 0.6) is 11.5 Å². The van der Waals surface area contributed by atoms with Crippen LogP contribution in [0.4, 0.5) is 0 Å². The van der Waals surface area contributed by atoms with Gasteiger partial charge in [0.05, 0.1) is 19.8 Å². The number of rotatable bonds is 8. The van der Waals surface area contributed by atoms with Gasteiger partial charge in [0, 0.05) is 10.5 Å². The first-order chi connectivity index (χ1) is 12.3. The maximum absolute atomic E-state index is 13.3. The molecule has 0 saturated heterocycles. The maximum atomic E-state index is 13.3. The van der Waals surface area contributed by atoms with Gasteiger partial charge in [-0.15, -0.1) is 11.8 Å². The van der Waals surface area contributed by atoms with E-state index >= 15 is 0 Å². The van der Waals surface area contributed by atoms with E-state index in [1.165, 1.54) is 0 Å². The van der Waals surface area contributed by atoms with Crippen LogP contribution in [0.3, 0.4) is 0 Å². The van der Waals surface area contributed by atoms with Crippen molar-refractivity contribution in [3.8, 4) is 11.5 Å². The molecule has 0 aliphatic heterocycles. The van der Waals surface area contributed by atoms with Crippen molar-refractivity contribution in [2.24, 2.45) is 0 Å². The molecule has 0 heterocycles. The third kappa shape index (κ3) is 4.22. The van der Waals surface area contributed by atoms with E-state index < -0.39 is 5.54 Å². The zero-order valence-corrected chi connectivity index (χ0v) is 17.1. The molecule has 2 rings (SSSR count). The molecule has 0 radical (unpaired) electrons. The molecule has 2 aromatic rings. The molecule has 0 aromatic heterocycles. The van der Waals surface area contributed by atoms with E-state index in [4.69, 9.17) is 9.47 Å². The Kier molecular flexibility index (Phi) is 6.73. The van der Waals surface area contributed by atoms with E-state index in [1.54, 1.807) is 26.0 Å². The van der Waals surface area contributed by atoms with Crippen LogP contribution in [0, 0.1) is 0 Å². The van der Waals surface area contributed by atoms with Crippen molar-refractivity contribution in [1.29, 1.82) is 0 Å². The highest BCUT2D eigenvalue weighted by molar-refractivity contribution is 7.98. The van der Waals surface area contributed by atoms with Gasteiger partial charge in [0.2, 0.25) is 0 Å². The molecule has 1 unspecified atom stereocenters. The fourth-order valence-electron chi connectivity index (χ4n) is 2.88. The minimum absolute atomic E-state index is 0.102. The fraction of sp³-hybridized carbons (Fsp3) is 0.381. The van der Waals surface area contributed by atoms with E-state index in [-0.39, 0.29) is 5.78 Å². The number of carbonyl (C=O) groups is 1. The van der Waals surface area contributed by atoms with Crippen molar-refractivity contribution < 1.29 is 14.3 Å². The topological polar surface area (TPSA) is 38.8 Å². The van der Waals surface area contributed by atoms with Crippen molar-refractivity contribution in [3.63, 3.8) is 0 Å². The van der Waals surface area contributed by atoms with Gasteiger partial charge in [-0.2, -0.15) is 0 Å². The fourth-order valence-corrected chi connectivity index (χ4v) is 3.29. The number of hydrogen-bond acceptors (Lipinski definition) is 5. The van der Waals surface area contributed by atoms with Gasteiger partial charge in [0.15, 0.2) is 17.3 Å². The van der Waals surface area contributed by atoms with Gasteiger partial charge >= 0.3 is 0 Å². The van der Waals surface area contributed by atoms with Crippen LogP contribution in [-0.4, -0.2) is 50.8 Å². The van der Waals surface area contributed by atoms with E-state index in [2.05, 4.69) is 0 Å². The summed E-state index contributed by atoms with van der Waals surface area (Å²) in [7, 11) is 7.11. The van der Waals surface area contributed by atoms with Gasteiger partial charge in [-0.1, -0.05) is 18.2 Å². The second-order valence-corrected chi connectivity index (χ2v) is 7.47. The quantitative estimate of drug-likeness (QED) is 0.513. The van der Waals surface area contributed by atoms with Crippen LogP contribution in [0.2, 0.25) is 0 Å². The smallest absolute Gasteiger partial charge is 0.183 e. The molecule has 0 N–H and O–H groups in total. The SMILES string of the molecule is COc1ccc(CC(C)(C(=O)c2ccc(SC)cc2)N(C)C)cc1OC. The Morgan fingerprint density at radius 3 is 2.15 bits per heavy atom. The standard InChI is InChI=1S/C21H27NO3S/c1-21(22(2)3,20(23)16-8-10-17(26-6)11-9-16)14-15-7-12-18(24-4)19(13-15)25-5/h7-13H,14H2,1-6H3. The zero-order valence-electron chi connectivity index (χ0n) is 16.3. The van der Waals surface area contributed by atoms with Crippen molar-refractivity contribution in [2.75, 3.05) is 34.6 Å². The molecule has 5 heteroatoms. The molecule has 0 amide bonds. The third-order valence-corrected chi connectivity index (χ3v) is 5.57. The molecule has 4 nitrogen and oxygen atoms in total. The second-order valence-electron chi connectivity index (χ2n) is 6.59. The Morgan fingerprint density at radius 2 is 1.65 bits per heavy atom. The molecule has 0 fully saturated rings. The first-order valence-electron chi connectivity index (χ1n) is 8.43. The summed E-state index contributed by atoms with van der Waals surface area (Å²) in [6.07, 6.45) is 2.60. The summed E-state index contributed by atoms with van der Waals surface area (Å²) in [6, 6.07) is 13.6. The maximum Gasteiger partial charge on any atom is 0.183 e. The molecule has 0 saturated carbocycles. The first kappa shape index (κ1) is 20.3. The molecule has 0 aliphatic rings. The lowest BCUT2D eigenvalue weighted by Crippen LogP contribution is -2.50. The largest absolute Gasteiger partial charge is 0.493 e. The summed E-state index contributed by atoms with van der Waals surface area (Å²) in [5.74, 6) is 1.45. The predicted molar refractivity (Wildman–Crippen MR) is 108 cm³/mol. The number of carbonyl (C=O) groups excluding carboxylic acids is 1. The van der Waals surface area contributed by atoms with Crippen molar-refractivity contribution >= 4 is 17.5 Å². The lowest BCUT2D eigenvalue weighted by Gasteiger charge is -2.35. The minimum atomic E-state index is -0.666. The number of hydrogen-bond donors (Lipinski definition) is 0. The molecule has 26 heavy (non-hydrogen) atoms. The highest BCUT2D eigenvalue weighted by Gasteiger charge is 2.36. The van der Waals surface area contributed by atoms with Gasteiger partial charge in [-0.05, 0) is 63.5 Å². The van der Waals surface area contributed by atoms with Gasteiger partial charge < -0.3 is 9.47 Å². The van der Waals surface area contributed by atoms with Crippen LogP contribution in [0.15, 0.2) is 47.4 Å². The van der Waals surface area contributed by atoms with E-state index in [9.17, 15) is 4.79 Å². The molecular weight excluding hydrogens is 346 g/mol. The van der Waals surface area contributed by atoms with Crippen molar-refractivity contribution in [2.45, 2.75) is 23.8 Å². The van der Waals surface area contributed by atoms with Crippen LogP contribution in [0.1, 0.15) is 22.8 Å². The molecule has 0 spiro atoms. The Bertz CT molecular complexity index is 758. The summed E-state index contributed by atoms with van der Waals surface area (Å²) in [6.45, 7) is 1.98. The van der Waals surface area contributed by atoms with E-state index in [1.807, 2.05) is 74.6 Å². The van der Waals surface area contributed by atoms with E-state index in [0.717, 1.165) is 16.0 Å². The number of benzene rings is 2. The van der Waals surface area contributed by atoms with Crippen LogP contribution < -0.4 is 9.47 Å². The minimum Gasteiger partial charge on any atom is -0.493 e. The lowest BCUT2D eigenvalue weighted by atomic mass is 9.84. The molecular formula is C21H27NO3S. The number of ether oxygens (including phenoxy) is 2. The zero-order chi connectivity index (χ0) is 19.3. The van der Waals surface area contributed by atoms with Crippen LogP contribution in [-0.2, 0) is 6.42 Å². The molecule has 0 bridgehead atoms. The highest BCUT2D eigenvalue weighted by atomic mass is 32.2. The van der Waals surface area contributed by atoms with Gasteiger partial charge in [0.25, 0.3) is 0 Å². The number of likely N-dealkylation sites (N-methyl/N-ethyl adjacent to an activating group) is 1. The number of Topliss-reactive ketones (excluding diaryl/α,β-unsaturated/α-hetero) is 1. The average molecular weight is 374 g/mol. The second kappa shape index (κ2) is 8.60. The molecule has 0 aliphatic carbocycles. The van der Waals surface area contributed by atoms with Crippen molar-refractivity contribution in [3.05, 3.63) is 53.6 Å². The number of thioether (sulfide) groups is 1. The lowest BCUT2D eigenvalue weighted by molar-refractivity contribution is 0.0719.